The molecule has 0 bridgehead atoms. The molecule has 8 heteroatoms. The zero-order valence-corrected chi connectivity index (χ0v) is 16.9. The summed E-state index contributed by atoms with van der Waals surface area (Å²) >= 11 is 0. The zero-order chi connectivity index (χ0) is 23.5. The number of nitrogens with one attached hydrogen (secondary N) is 1. The maximum Gasteiger partial charge on any atom is 0.418 e. The quantitative estimate of drug-likeness (QED) is 0.479. The number of Topliss-reactive ketones (excluding diaryl/α,β-unsaturated/α-hetero) is 1. The van der Waals surface area contributed by atoms with Crippen LogP contribution in [0.25, 0.3) is 0 Å². The molecule has 1 N–H and O–H groups in total. The van der Waals surface area contributed by atoms with Crippen molar-refractivity contribution in [2.45, 2.75) is 25.9 Å². The Balaban J connectivity index is 1.81. The molecule has 166 valence electrons. The molecule has 3 rings (SSSR count). The molecular weight excluding hydrogens is 429 g/mol. The van der Waals surface area contributed by atoms with Crippen molar-refractivity contribution in [2.24, 2.45) is 0 Å². The second-order valence-electron chi connectivity index (χ2n) is 7.34. The predicted octanol–water partition coefficient (Wildman–Crippen LogP) is 5.90. The number of carbonyl (C=O) groups excluding carboxylic acids is 2. The first-order chi connectivity index (χ1) is 15.0. The second kappa shape index (κ2) is 9.30. The van der Waals surface area contributed by atoms with E-state index >= 15 is 0 Å². The van der Waals surface area contributed by atoms with E-state index in [4.69, 9.17) is 0 Å². The fraction of sp³-hybridized carbons (Fsp3) is 0.167. The van der Waals surface area contributed by atoms with Gasteiger partial charge >= 0.3 is 6.18 Å². The number of hydrogen-bond donors (Lipinski definition) is 1. The fourth-order valence-electron chi connectivity index (χ4n) is 3.25. The monoisotopic (exact) mass is 447 g/mol. The Labute approximate surface area is 180 Å². The van der Waals surface area contributed by atoms with Gasteiger partial charge in [0.2, 0.25) is 0 Å². The lowest BCUT2D eigenvalue weighted by molar-refractivity contribution is -0.137. The summed E-state index contributed by atoms with van der Waals surface area (Å²) in [5.41, 5.74) is -0.517. The van der Waals surface area contributed by atoms with Gasteiger partial charge in [0.1, 0.15) is 17.4 Å². The maximum atomic E-state index is 13.8. The van der Waals surface area contributed by atoms with Crippen LogP contribution in [0.2, 0.25) is 0 Å². The molecule has 32 heavy (non-hydrogen) atoms. The highest BCUT2D eigenvalue weighted by Crippen LogP contribution is 2.36. The molecule has 0 unspecified atom stereocenters. The smallest absolute Gasteiger partial charge is 0.321 e. The number of ketones is 1. The molecule has 0 saturated carbocycles. The van der Waals surface area contributed by atoms with Crippen molar-refractivity contribution in [2.75, 3.05) is 5.32 Å². The third-order valence-electron chi connectivity index (χ3n) is 4.70. The zero-order valence-electron chi connectivity index (χ0n) is 16.9. The average Bonchev–Trinajstić information content (AvgIpc) is 2.68. The summed E-state index contributed by atoms with van der Waals surface area (Å²) in [7, 11) is 0. The van der Waals surface area contributed by atoms with E-state index in [0.717, 1.165) is 35.4 Å². The number of amides is 1. The minimum absolute atomic E-state index is 0.0748. The topological polar surface area (TPSA) is 46.2 Å². The number of halogens is 5. The summed E-state index contributed by atoms with van der Waals surface area (Å²) < 4.78 is 67.6. The van der Waals surface area contributed by atoms with E-state index in [1.807, 2.05) is 24.4 Å². The molecule has 0 aliphatic heterocycles. The minimum atomic E-state index is -4.83. The Kier molecular flexibility index (Phi) is 6.72. The standard InChI is InChI=1S/C24H18F5NO2/c1-14-3-2-4-15(9-14)10-18(31)11-16-5-8-22(20(12-16)24(27,28)29)30-23(32)19-7-6-17(25)13-21(19)26/h2-9,12-13H,10-11H2,1H3,(H,30,32). The molecule has 0 heterocycles. The first kappa shape index (κ1) is 23.1. The number of aryl methyl sites for hydroxylation is 1. The summed E-state index contributed by atoms with van der Waals surface area (Å²) in [4.78, 5) is 24.6. The van der Waals surface area contributed by atoms with Crippen LogP contribution in [0, 0.1) is 18.6 Å². The minimum Gasteiger partial charge on any atom is -0.321 e. The molecule has 1 amide bonds. The third kappa shape index (κ3) is 5.78. The highest BCUT2D eigenvalue weighted by molar-refractivity contribution is 6.05. The van der Waals surface area contributed by atoms with E-state index in [1.54, 1.807) is 12.1 Å². The van der Waals surface area contributed by atoms with Gasteiger partial charge in [0, 0.05) is 18.9 Å². The van der Waals surface area contributed by atoms with E-state index in [0.29, 0.717) is 6.07 Å². The summed E-state index contributed by atoms with van der Waals surface area (Å²) in [5.74, 6) is -3.55. The molecule has 0 atom stereocenters. The SMILES string of the molecule is Cc1cccc(CC(=O)Cc2ccc(NC(=O)c3ccc(F)cc3F)c(C(F)(F)F)c2)c1. The van der Waals surface area contributed by atoms with Gasteiger partial charge in [0.25, 0.3) is 5.91 Å². The van der Waals surface area contributed by atoms with Gasteiger partial charge in [0.15, 0.2) is 0 Å². The van der Waals surface area contributed by atoms with Crippen LogP contribution in [0.1, 0.15) is 32.6 Å². The van der Waals surface area contributed by atoms with Crippen molar-refractivity contribution >= 4 is 17.4 Å². The summed E-state index contributed by atoms with van der Waals surface area (Å²) in [5, 5.41) is 2.01. The van der Waals surface area contributed by atoms with Gasteiger partial charge in [0.05, 0.1) is 16.8 Å². The second-order valence-corrected chi connectivity index (χ2v) is 7.34. The lowest BCUT2D eigenvalue weighted by Gasteiger charge is -2.15. The lowest BCUT2D eigenvalue weighted by Crippen LogP contribution is -2.18. The van der Waals surface area contributed by atoms with Gasteiger partial charge in [-0.15, -0.1) is 0 Å². The van der Waals surface area contributed by atoms with Crippen molar-refractivity contribution < 1.29 is 31.5 Å². The number of benzene rings is 3. The molecule has 0 aromatic heterocycles. The van der Waals surface area contributed by atoms with Gasteiger partial charge in [-0.05, 0) is 42.3 Å². The van der Waals surface area contributed by atoms with E-state index in [9.17, 15) is 31.5 Å². The molecule has 0 fully saturated rings. The Morgan fingerprint density at radius 1 is 0.875 bits per heavy atom. The summed E-state index contributed by atoms with van der Waals surface area (Å²) in [6.45, 7) is 1.87. The third-order valence-corrected chi connectivity index (χ3v) is 4.70. The molecule has 3 aromatic rings. The van der Waals surface area contributed by atoms with Crippen LogP contribution in [0.4, 0.5) is 27.6 Å². The Hall–Kier alpha value is -3.55. The van der Waals surface area contributed by atoms with E-state index in [1.165, 1.54) is 6.07 Å². The maximum absolute atomic E-state index is 13.8. The normalized spacial score (nSPS) is 11.3. The van der Waals surface area contributed by atoms with E-state index < -0.39 is 40.5 Å². The number of hydrogen-bond acceptors (Lipinski definition) is 2. The molecule has 0 aliphatic carbocycles. The van der Waals surface area contributed by atoms with E-state index in [-0.39, 0.29) is 24.2 Å². The average molecular weight is 447 g/mol. The van der Waals surface area contributed by atoms with Gasteiger partial charge in [-0.1, -0.05) is 35.9 Å². The number of carbonyl (C=O) groups is 2. The van der Waals surface area contributed by atoms with Gasteiger partial charge < -0.3 is 5.32 Å². The Bertz CT molecular complexity index is 1170. The molecule has 0 radical (unpaired) electrons. The molecule has 3 aromatic carbocycles. The van der Waals surface area contributed by atoms with Crippen LogP contribution in [0.3, 0.4) is 0 Å². The number of rotatable bonds is 6. The Morgan fingerprint density at radius 3 is 2.19 bits per heavy atom. The van der Waals surface area contributed by atoms with Crippen LogP contribution in [-0.2, 0) is 23.8 Å². The Morgan fingerprint density at radius 2 is 1.56 bits per heavy atom. The van der Waals surface area contributed by atoms with E-state index in [2.05, 4.69) is 0 Å². The predicted molar refractivity (Wildman–Crippen MR) is 109 cm³/mol. The van der Waals surface area contributed by atoms with Crippen molar-refractivity contribution in [1.29, 1.82) is 0 Å². The highest BCUT2D eigenvalue weighted by Gasteiger charge is 2.34. The fourth-order valence-corrected chi connectivity index (χ4v) is 3.25. The lowest BCUT2D eigenvalue weighted by atomic mass is 9.99. The van der Waals surface area contributed by atoms with Gasteiger partial charge in [-0.2, -0.15) is 13.2 Å². The highest BCUT2D eigenvalue weighted by atomic mass is 19.4. The van der Waals surface area contributed by atoms with Crippen LogP contribution < -0.4 is 5.32 Å². The van der Waals surface area contributed by atoms with Crippen molar-refractivity contribution in [3.63, 3.8) is 0 Å². The molecule has 0 aliphatic rings. The molecular formula is C24H18F5NO2. The summed E-state index contributed by atoms with van der Waals surface area (Å²) in [6, 6.07) is 12.5. The van der Waals surface area contributed by atoms with Crippen LogP contribution in [-0.4, -0.2) is 11.7 Å². The van der Waals surface area contributed by atoms with Crippen LogP contribution in [0.5, 0.6) is 0 Å². The van der Waals surface area contributed by atoms with Gasteiger partial charge in [-0.25, -0.2) is 8.78 Å². The molecule has 0 saturated heterocycles. The number of anilines is 1. The molecule has 0 spiro atoms. The van der Waals surface area contributed by atoms with Crippen LogP contribution >= 0.6 is 0 Å². The largest absolute Gasteiger partial charge is 0.418 e. The number of alkyl halides is 3. The van der Waals surface area contributed by atoms with Crippen LogP contribution in [0.15, 0.2) is 60.7 Å². The van der Waals surface area contributed by atoms with Crippen molar-refractivity contribution in [3.8, 4) is 0 Å². The van der Waals surface area contributed by atoms with Crippen molar-refractivity contribution in [1.82, 2.24) is 0 Å². The van der Waals surface area contributed by atoms with Gasteiger partial charge in [-0.3, -0.25) is 9.59 Å². The first-order valence-corrected chi connectivity index (χ1v) is 9.56. The first-order valence-electron chi connectivity index (χ1n) is 9.56. The summed E-state index contributed by atoms with van der Waals surface area (Å²) in [6.07, 6.45) is -4.98. The van der Waals surface area contributed by atoms with Crippen molar-refractivity contribution in [3.05, 3.63) is 100 Å². The molecule has 3 nitrogen and oxygen atoms in total.